The van der Waals surface area contributed by atoms with Gasteiger partial charge in [0, 0.05) is 27.7 Å². The fourth-order valence-electron chi connectivity index (χ4n) is 3.46. The van der Waals surface area contributed by atoms with Crippen LogP contribution >= 0.6 is 0 Å². The third-order valence-corrected chi connectivity index (χ3v) is 4.61. The molecule has 1 aliphatic heterocycles. The molecular weight excluding hydrogens is 436 g/mol. The van der Waals surface area contributed by atoms with Gasteiger partial charge in [-0.15, -0.1) is 0 Å². The van der Waals surface area contributed by atoms with Crippen LogP contribution in [0.5, 0.6) is 11.5 Å². The monoisotopic (exact) mass is 460 g/mol. The summed E-state index contributed by atoms with van der Waals surface area (Å²) in [5.74, 6) is -2.31. The fourth-order valence-corrected chi connectivity index (χ4v) is 3.46. The summed E-state index contributed by atoms with van der Waals surface area (Å²) in [6.07, 6.45) is -4.76. The van der Waals surface area contributed by atoms with Gasteiger partial charge in [-0.1, -0.05) is 24.3 Å². The van der Waals surface area contributed by atoms with E-state index in [0.29, 0.717) is 0 Å². The minimum Gasteiger partial charge on any atom is -0.457 e. The predicted octanol–water partition coefficient (Wildman–Crippen LogP) is 2.30. The molecule has 0 spiro atoms. The highest BCUT2D eigenvalue weighted by Crippen LogP contribution is 2.36. The van der Waals surface area contributed by atoms with E-state index >= 15 is 0 Å². The van der Waals surface area contributed by atoms with Gasteiger partial charge in [0.05, 0.1) is 6.61 Å². The molecule has 0 unspecified atom stereocenters. The highest BCUT2D eigenvalue weighted by atomic mass is 16.7. The Hall–Kier alpha value is -3.66. The number of rotatable bonds is 6. The number of ether oxygens (including phenoxy) is 6. The highest BCUT2D eigenvalue weighted by molar-refractivity contribution is 5.87. The van der Waals surface area contributed by atoms with Crippen molar-refractivity contribution in [2.24, 2.45) is 0 Å². The van der Waals surface area contributed by atoms with E-state index in [1.165, 1.54) is 20.8 Å². The van der Waals surface area contributed by atoms with Gasteiger partial charge in [-0.3, -0.25) is 19.2 Å². The second-order valence-electron chi connectivity index (χ2n) is 7.36. The first-order valence-electron chi connectivity index (χ1n) is 10.1. The van der Waals surface area contributed by atoms with Crippen molar-refractivity contribution in [3.05, 3.63) is 36.4 Å². The van der Waals surface area contributed by atoms with Crippen molar-refractivity contribution in [1.82, 2.24) is 0 Å². The lowest BCUT2D eigenvalue weighted by Gasteiger charge is -2.40. The van der Waals surface area contributed by atoms with Crippen LogP contribution in [0, 0.1) is 0 Å². The van der Waals surface area contributed by atoms with Gasteiger partial charge in [0.25, 0.3) is 0 Å². The van der Waals surface area contributed by atoms with Crippen LogP contribution in [-0.4, -0.2) is 55.1 Å². The van der Waals surface area contributed by atoms with Crippen LogP contribution in [0.3, 0.4) is 0 Å². The van der Waals surface area contributed by atoms with Gasteiger partial charge in [-0.2, -0.15) is 0 Å². The summed E-state index contributed by atoms with van der Waals surface area (Å²) in [5.41, 5.74) is 0. The molecule has 2 aromatic rings. The van der Waals surface area contributed by atoms with E-state index in [1.807, 2.05) is 24.3 Å². The third-order valence-electron chi connectivity index (χ3n) is 4.61. The van der Waals surface area contributed by atoms with Crippen molar-refractivity contribution < 1.29 is 47.6 Å². The molecule has 0 aliphatic carbocycles. The second-order valence-corrected chi connectivity index (χ2v) is 7.36. The average Bonchev–Trinajstić information content (AvgIpc) is 2.71. The molecule has 0 N–H and O–H groups in total. The standard InChI is InChI=1S/C23H24O10/c1-12(24)29-18-9-16-7-5-6-8-17(16)10-19(18)33-23-22(32-15(4)27)21(31-14(3)26)20(11-28-23)30-13(2)25/h5-10,20-23H,11H2,1-4H3/t20-,21+,22-,23+/m1/s1. The molecule has 1 fully saturated rings. The largest absolute Gasteiger partial charge is 0.457 e. The van der Waals surface area contributed by atoms with E-state index in [0.717, 1.165) is 17.7 Å². The highest BCUT2D eigenvalue weighted by Gasteiger charge is 2.48. The van der Waals surface area contributed by atoms with Gasteiger partial charge in [0.2, 0.25) is 12.4 Å². The summed E-state index contributed by atoms with van der Waals surface area (Å²) in [5, 5.41) is 1.59. The summed E-state index contributed by atoms with van der Waals surface area (Å²) < 4.78 is 32.8. The molecule has 2 aromatic carbocycles. The van der Waals surface area contributed by atoms with E-state index in [-0.39, 0.29) is 18.1 Å². The fraction of sp³-hybridized carbons (Fsp3) is 0.391. The van der Waals surface area contributed by atoms with E-state index in [4.69, 9.17) is 28.4 Å². The quantitative estimate of drug-likeness (QED) is 0.360. The van der Waals surface area contributed by atoms with Gasteiger partial charge in [-0.05, 0) is 22.9 Å². The number of fused-ring (bicyclic) bond motifs is 1. The average molecular weight is 460 g/mol. The van der Waals surface area contributed by atoms with Crippen molar-refractivity contribution in [2.75, 3.05) is 6.61 Å². The molecule has 1 saturated heterocycles. The first kappa shape index (κ1) is 24.0. The Labute approximate surface area is 189 Å². The minimum atomic E-state index is -1.28. The summed E-state index contributed by atoms with van der Waals surface area (Å²) in [7, 11) is 0. The Morgan fingerprint density at radius 3 is 1.85 bits per heavy atom. The van der Waals surface area contributed by atoms with E-state index in [9.17, 15) is 19.2 Å². The Kier molecular flexibility index (Phi) is 7.49. The van der Waals surface area contributed by atoms with E-state index in [1.54, 1.807) is 12.1 Å². The Bertz CT molecular complexity index is 1060. The molecule has 0 amide bonds. The number of benzene rings is 2. The minimum absolute atomic E-state index is 0.123. The lowest BCUT2D eigenvalue weighted by molar-refractivity contribution is -0.260. The number of carbonyl (C=O) groups is 4. The smallest absolute Gasteiger partial charge is 0.308 e. The molecule has 176 valence electrons. The number of hydrogen-bond donors (Lipinski definition) is 0. The van der Waals surface area contributed by atoms with Gasteiger partial charge in [0.15, 0.2) is 23.7 Å². The molecule has 10 heteroatoms. The van der Waals surface area contributed by atoms with Gasteiger partial charge < -0.3 is 28.4 Å². The molecule has 10 nitrogen and oxygen atoms in total. The van der Waals surface area contributed by atoms with Crippen molar-refractivity contribution >= 4 is 34.6 Å². The van der Waals surface area contributed by atoms with E-state index < -0.39 is 48.5 Å². The zero-order valence-corrected chi connectivity index (χ0v) is 18.6. The maximum Gasteiger partial charge on any atom is 0.308 e. The maximum absolute atomic E-state index is 11.8. The maximum atomic E-state index is 11.8. The second kappa shape index (κ2) is 10.3. The normalized spacial score (nSPS) is 22.2. The van der Waals surface area contributed by atoms with Crippen molar-refractivity contribution in [1.29, 1.82) is 0 Å². The van der Waals surface area contributed by atoms with Crippen molar-refractivity contribution in [2.45, 2.75) is 52.3 Å². The molecule has 1 aliphatic rings. The zero-order valence-electron chi connectivity index (χ0n) is 18.6. The SMILES string of the molecule is CC(=O)Oc1cc2ccccc2cc1O[C@@H]1OC[C@@H](OC(C)=O)[C@H](OC(C)=O)[C@H]1OC(C)=O. The molecule has 0 aromatic heterocycles. The Morgan fingerprint density at radius 1 is 0.758 bits per heavy atom. The molecule has 0 saturated carbocycles. The number of esters is 4. The first-order chi connectivity index (χ1) is 15.6. The molecule has 4 atom stereocenters. The van der Waals surface area contributed by atoms with E-state index in [2.05, 4.69) is 0 Å². The van der Waals surface area contributed by atoms with Gasteiger partial charge in [-0.25, -0.2) is 0 Å². The number of hydrogen-bond acceptors (Lipinski definition) is 10. The molecule has 1 heterocycles. The summed E-state index contributed by atoms with van der Waals surface area (Å²) in [4.78, 5) is 46.7. The summed E-state index contributed by atoms with van der Waals surface area (Å²) in [6.45, 7) is 4.57. The van der Waals surface area contributed by atoms with Crippen LogP contribution < -0.4 is 9.47 Å². The van der Waals surface area contributed by atoms with Crippen molar-refractivity contribution in [3.63, 3.8) is 0 Å². The summed E-state index contributed by atoms with van der Waals surface area (Å²) in [6, 6.07) is 10.6. The number of carbonyl (C=O) groups excluding carboxylic acids is 4. The Morgan fingerprint density at radius 2 is 1.30 bits per heavy atom. The van der Waals surface area contributed by atoms with Crippen LogP contribution in [0.1, 0.15) is 27.7 Å². The van der Waals surface area contributed by atoms with Crippen LogP contribution in [0.4, 0.5) is 0 Å². The lowest BCUT2D eigenvalue weighted by atomic mass is 10.0. The molecule has 0 bridgehead atoms. The lowest BCUT2D eigenvalue weighted by Crippen LogP contribution is -2.59. The van der Waals surface area contributed by atoms with Crippen molar-refractivity contribution in [3.8, 4) is 11.5 Å². The van der Waals surface area contributed by atoms with Gasteiger partial charge >= 0.3 is 23.9 Å². The Balaban J connectivity index is 1.98. The molecule has 3 rings (SSSR count). The van der Waals surface area contributed by atoms with Gasteiger partial charge in [0.1, 0.15) is 0 Å². The molecule has 0 radical (unpaired) electrons. The predicted molar refractivity (Wildman–Crippen MR) is 112 cm³/mol. The molecular formula is C23H24O10. The third kappa shape index (κ3) is 6.19. The van der Waals surface area contributed by atoms with Crippen LogP contribution in [-0.2, 0) is 38.1 Å². The molecule has 33 heavy (non-hydrogen) atoms. The first-order valence-corrected chi connectivity index (χ1v) is 10.1. The van der Waals surface area contributed by atoms with Crippen LogP contribution in [0.15, 0.2) is 36.4 Å². The van der Waals surface area contributed by atoms with Crippen LogP contribution in [0.2, 0.25) is 0 Å². The topological polar surface area (TPSA) is 124 Å². The van der Waals surface area contributed by atoms with Crippen LogP contribution in [0.25, 0.3) is 10.8 Å². The summed E-state index contributed by atoms with van der Waals surface area (Å²) >= 11 is 0. The zero-order chi connectivity index (χ0) is 24.1.